The molecule has 14 heavy (non-hydrogen) atoms. The molecule has 0 saturated heterocycles. The predicted molar refractivity (Wildman–Crippen MR) is 77.1 cm³/mol. The zero-order valence-electron chi connectivity index (χ0n) is 8.65. The van der Waals surface area contributed by atoms with Crippen molar-refractivity contribution in [3.8, 4) is 0 Å². The van der Waals surface area contributed by atoms with Crippen LogP contribution in [0.15, 0.2) is 9.85 Å². The topological polar surface area (TPSA) is 0 Å². The van der Waals surface area contributed by atoms with Crippen molar-refractivity contribution < 1.29 is 0 Å². The Hall–Kier alpha value is 0.910. The Kier molecular flexibility index (Phi) is 6.01. The minimum atomic E-state index is 0.848. The summed E-state index contributed by atoms with van der Waals surface area (Å²) in [6.07, 6.45) is 5.27. The Balaban J connectivity index is 2.28. The van der Waals surface area contributed by atoms with Gasteiger partial charge in [0.1, 0.15) is 0 Å². The minimum absolute atomic E-state index is 0.848. The van der Waals surface area contributed by atoms with E-state index < -0.39 is 0 Å². The summed E-state index contributed by atoms with van der Waals surface area (Å²) in [6, 6.07) is 2.30. The third-order valence-electron chi connectivity index (χ3n) is 2.20. The molecule has 1 aromatic rings. The molecule has 0 fully saturated rings. The van der Waals surface area contributed by atoms with Gasteiger partial charge in [-0.25, -0.2) is 0 Å². The van der Waals surface area contributed by atoms with Crippen LogP contribution in [0.1, 0.15) is 38.7 Å². The van der Waals surface area contributed by atoms with E-state index in [2.05, 4.69) is 58.4 Å². The molecule has 0 radical (unpaired) electrons. The van der Waals surface area contributed by atoms with Crippen molar-refractivity contribution in [2.45, 2.75) is 39.5 Å². The van der Waals surface area contributed by atoms with Crippen LogP contribution in [0.3, 0.4) is 0 Å². The first-order chi connectivity index (χ1) is 6.59. The SMILES string of the molecule is CC(C)CCCCc1cc(I)sc1Br. The fourth-order valence-electron chi connectivity index (χ4n) is 1.41. The molecule has 0 spiro atoms. The molecule has 1 rings (SSSR count). The lowest BCUT2D eigenvalue weighted by molar-refractivity contribution is 0.538. The first kappa shape index (κ1) is 13.0. The molecular formula is C11H16BrIS. The second-order valence-corrected chi connectivity index (χ2v) is 8.25. The van der Waals surface area contributed by atoms with E-state index in [9.17, 15) is 0 Å². The van der Waals surface area contributed by atoms with Gasteiger partial charge >= 0.3 is 0 Å². The Morgan fingerprint density at radius 2 is 2.14 bits per heavy atom. The highest BCUT2D eigenvalue weighted by Crippen LogP contribution is 2.30. The van der Waals surface area contributed by atoms with Crippen molar-refractivity contribution in [3.05, 3.63) is 18.3 Å². The van der Waals surface area contributed by atoms with Crippen LogP contribution in [-0.4, -0.2) is 0 Å². The summed E-state index contributed by atoms with van der Waals surface area (Å²) < 4.78 is 2.71. The highest BCUT2D eigenvalue weighted by Gasteiger charge is 2.04. The molecular weight excluding hydrogens is 371 g/mol. The van der Waals surface area contributed by atoms with E-state index in [1.54, 1.807) is 0 Å². The number of hydrogen-bond acceptors (Lipinski definition) is 1. The van der Waals surface area contributed by atoms with Crippen LogP contribution in [0.4, 0.5) is 0 Å². The molecule has 0 aliphatic heterocycles. The molecule has 0 saturated carbocycles. The lowest BCUT2D eigenvalue weighted by atomic mass is 10.0. The van der Waals surface area contributed by atoms with Gasteiger partial charge in [-0.3, -0.25) is 0 Å². The van der Waals surface area contributed by atoms with Crippen molar-refractivity contribution in [1.29, 1.82) is 0 Å². The number of aryl methyl sites for hydroxylation is 1. The average molecular weight is 387 g/mol. The molecule has 0 aliphatic rings. The van der Waals surface area contributed by atoms with Crippen LogP contribution < -0.4 is 0 Å². The summed E-state index contributed by atoms with van der Waals surface area (Å²) in [5.41, 5.74) is 1.49. The molecule has 0 nitrogen and oxygen atoms in total. The molecule has 0 unspecified atom stereocenters. The van der Waals surface area contributed by atoms with Gasteiger partial charge in [-0.1, -0.05) is 26.7 Å². The molecule has 1 heterocycles. The molecule has 1 aromatic heterocycles. The number of rotatable bonds is 5. The van der Waals surface area contributed by atoms with Crippen LogP contribution in [-0.2, 0) is 6.42 Å². The number of unbranched alkanes of at least 4 members (excludes halogenated alkanes) is 1. The predicted octanol–water partition coefficient (Wildman–Crippen LogP) is 5.48. The zero-order valence-corrected chi connectivity index (χ0v) is 13.2. The van der Waals surface area contributed by atoms with Gasteiger partial charge in [0.15, 0.2) is 0 Å². The summed E-state index contributed by atoms with van der Waals surface area (Å²) in [4.78, 5) is 0. The summed E-state index contributed by atoms with van der Waals surface area (Å²) >= 11 is 7.84. The highest BCUT2D eigenvalue weighted by atomic mass is 127. The number of thiophene rings is 1. The van der Waals surface area contributed by atoms with E-state index >= 15 is 0 Å². The van der Waals surface area contributed by atoms with Gasteiger partial charge in [0.2, 0.25) is 0 Å². The molecule has 0 amide bonds. The van der Waals surface area contributed by atoms with Crippen LogP contribution in [0.2, 0.25) is 0 Å². The second kappa shape index (κ2) is 6.48. The number of hydrogen-bond donors (Lipinski definition) is 0. The average Bonchev–Trinajstić information content (AvgIpc) is 2.39. The number of halogens is 2. The van der Waals surface area contributed by atoms with Crippen LogP contribution in [0.25, 0.3) is 0 Å². The standard InChI is InChI=1S/C11H16BrIS/c1-8(2)5-3-4-6-9-7-10(13)14-11(9)12/h7-8H,3-6H2,1-2H3. The highest BCUT2D eigenvalue weighted by molar-refractivity contribution is 14.1. The second-order valence-electron chi connectivity index (χ2n) is 3.99. The maximum Gasteiger partial charge on any atom is 0.0741 e. The third-order valence-corrected chi connectivity index (χ3v) is 4.93. The monoisotopic (exact) mass is 386 g/mol. The van der Waals surface area contributed by atoms with E-state index in [-0.39, 0.29) is 0 Å². The van der Waals surface area contributed by atoms with Gasteiger partial charge in [0.25, 0.3) is 0 Å². The van der Waals surface area contributed by atoms with Crippen LogP contribution >= 0.6 is 49.9 Å². The molecule has 0 atom stereocenters. The van der Waals surface area contributed by atoms with Crippen molar-refractivity contribution in [1.82, 2.24) is 0 Å². The van der Waals surface area contributed by atoms with E-state index in [1.807, 2.05) is 11.3 Å². The van der Waals surface area contributed by atoms with E-state index in [4.69, 9.17) is 0 Å². The normalized spacial score (nSPS) is 11.2. The fourth-order valence-corrected chi connectivity index (χ4v) is 4.86. The fraction of sp³-hybridized carbons (Fsp3) is 0.636. The van der Waals surface area contributed by atoms with Crippen LogP contribution in [0, 0.1) is 8.80 Å². The van der Waals surface area contributed by atoms with E-state index in [0.29, 0.717) is 0 Å². The molecule has 3 heteroatoms. The van der Waals surface area contributed by atoms with Gasteiger partial charge in [-0.15, -0.1) is 11.3 Å². The van der Waals surface area contributed by atoms with Crippen molar-refractivity contribution >= 4 is 49.9 Å². The quantitative estimate of drug-likeness (QED) is 0.464. The summed E-state index contributed by atoms with van der Waals surface area (Å²) in [6.45, 7) is 4.59. The van der Waals surface area contributed by atoms with Crippen LogP contribution in [0.5, 0.6) is 0 Å². The maximum atomic E-state index is 3.61. The van der Waals surface area contributed by atoms with Gasteiger partial charge in [-0.05, 0) is 68.9 Å². The third kappa shape index (κ3) is 4.62. The molecule has 0 aliphatic carbocycles. The van der Waals surface area contributed by atoms with Gasteiger partial charge in [0, 0.05) is 0 Å². The van der Waals surface area contributed by atoms with Gasteiger partial charge in [-0.2, -0.15) is 0 Å². The lowest BCUT2D eigenvalue weighted by Gasteiger charge is -2.03. The molecule has 0 aromatic carbocycles. The van der Waals surface area contributed by atoms with Crippen molar-refractivity contribution in [3.63, 3.8) is 0 Å². The first-order valence-electron chi connectivity index (χ1n) is 5.03. The maximum absolute atomic E-state index is 3.61. The molecule has 0 bridgehead atoms. The van der Waals surface area contributed by atoms with Crippen molar-refractivity contribution in [2.24, 2.45) is 5.92 Å². The summed E-state index contributed by atoms with van der Waals surface area (Å²) in [5, 5.41) is 0. The van der Waals surface area contributed by atoms with Gasteiger partial charge < -0.3 is 0 Å². The largest absolute Gasteiger partial charge is 0.122 e. The molecule has 0 N–H and O–H groups in total. The smallest absolute Gasteiger partial charge is 0.0741 e. The Labute approximate surface area is 113 Å². The Bertz CT molecular complexity index is 281. The minimum Gasteiger partial charge on any atom is -0.122 e. The van der Waals surface area contributed by atoms with Gasteiger partial charge in [0.05, 0.1) is 6.67 Å². The lowest BCUT2D eigenvalue weighted by Crippen LogP contribution is -1.89. The van der Waals surface area contributed by atoms with E-state index in [1.165, 1.54) is 37.9 Å². The summed E-state index contributed by atoms with van der Waals surface area (Å²) in [7, 11) is 0. The first-order valence-corrected chi connectivity index (χ1v) is 7.72. The molecule has 80 valence electrons. The van der Waals surface area contributed by atoms with E-state index in [0.717, 1.165) is 5.92 Å². The van der Waals surface area contributed by atoms with Crippen molar-refractivity contribution in [2.75, 3.05) is 0 Å². The zero-order chi connectivity index (χ0) is 10.6. The summed E-state index contributed by atoms with van der Waals surface area (Å²) in [5.74, 6) is 0.848. The Morgan fingerprint density at radius 3 is 2.64 bits per heavy atom. The Morgan fingerprint density at radius 1 is 1.43 bits per heavy atom.